The van der Waals surface area contributed by atoms with Crippen LogP contribution in [0.15, 0.2) is 30.3 Å². The number of hydrogen-bond acceptors (Lipinski definition) is 4. The summed E-state index contributed by atoms with van der Waals surface area (Å²) in [6.07, 6.45) is 0.769. The highest BCUT2D eigenvalue weighted by Crippen LogP contribution is 2.26. The van der Waals surface area contributed by atoms with Gasteiger partial charge in [0.1, 0.15) is 0 Å². The fourth-order valence-electron chi connectivity index (χ4n) is 2.11. The Labute approximate surface area is 115 Å². The molecule has 1 aromatic heterocycles. The van der Waals surface area contributed by atoms with E-state index in [1.54, 1.807) is 4.90 Å². The lowest BCUT2D eigenvalue weighted by molar-refractivity contribution is 0.207. The maximum absolute atomic E-state index is 12.2. The number of nitrogens with zero attached hydrogens (tertiary/aromatic N) is 2. The Morgan fingerprint density at radius 3 is 2.95 bits per heavy atom. The smallest absolute Gasteiger partial charge is 0.322 e. The van der Waals surface area contributed by atoms with Crippen LogP contribution in [0.25, 0.3) is 0 Å². The van der Waals surface area contributed by atoms with E-state index in [0.717, 1.165) is 22.7 Å². The van der Waals surface area contributed by atoms with Crippen molar-refractivity contribution in [1.82, 2.24) is 9.88 Å². The summed E-state index contributed by atoms with van der Waals surface area (Å²) < 4.78 is 0. The number of amides is 2. The van der Waals surface area contributed by atoms with Gasteiger partial charge in [-0.1, -0.05) is 18.2 Å². The number of thiazole rings is 1. The number of hydrogen-bond donors (Lipinski definition) is 2. The standard InChI is InChI=1S/C13H14N4OS/c14-12-16-10-6-7-17(8-11(10)19-12)13(18)15-9-4-2-1-3-5-9/h1-5H,6-8H2,(H2,14,16)(H,15,18). The molecule has 0 unspecified atom stereocenters. The zero-order valence-electron chi connectivity index (χ0n) is 10.3. The van der Waals surface area contributed by atoms with E-state index in [1.807, 2.05) is 30.3 Å². The molecule has 0 atom stereocenters. The number of nitrogen functional groups attached to an aromatic ring is 1. The molecule has 6 heteroatoms. The van der Waals surface area contributed by atoms with Crippen molar-refractivity contribution in [2.75, 3.05) is 17.6 Å². The van der Waals surface area contributed by atoms with Crippen LogP contribution in [0.5, 0.6) is 0 Å². The van der Waals surface area contributed by atoms with Gasteiger partial charge in [-0.3, -0.25) is 0 Å². The molecule has 5 nitrogen and oxygen atoms in total. The van der Waals surface area contributed by atoms with Crippen molar-refractivity contribution in [2.45, 2.75) is 13.0 Å². The minimum atomic E-state index is -0.0798. The van der Waals surface area contributed by atoms with Gasteiger partial charge in [0.05, 0.1) is 12.2 Å². The molecule has 0 radical (unpaired) electrons. The van der Waals surface area contributed by atoms with Crippen molar-refractivity contribution >= 4 is 28.2 Å². The molecular formula is C13H14N4OS. The van der Waals surface area contributed by atoms with Crippen molar-refractivity contribution < 1.29 is 4.79 Å². The Morgan fingerprint density at radius 1 is 1.37 bits per heavy atom. The van der Waals surface area contributed by atoms with Gasteiger partial charge in [-0.2, -0.15) is 0 Å². The summed E-state index contributed by atoms with van der Waals surface area (Å²) in [7, 11) is 0. The lowest BCUT2D eigenvalue weighted by Crippen LogP contribution is -2.38. The van der Waals surface area contributed by atoms with Crippen LogP contribution in [0.2, 0.25) is 0 Å². The molecule has 1 aliphatic heterocycles. The van der Waals surface area contributed by atoms with Gasteiger partial charge < -0.3 is 16.0 Å². The molecule has 0 saturated heterocycles. The third kappa shape index (κ3) is 2.53. The van der Waals surface area contributed by atoms with Crippen LogP contribution >= 0.6 is 11.3 Å². The minimum Gasteiger partial charge on any atom is -0.375 e. The summed E-state index contributed by atoms with van der Waals surface area (Å²) in [5, 5.41) is 3.47. The zero-order chi connectivity index (χ0) is 13.2. The largest absolute Gasteiger partial charge is 0.375 e. The number of aromatic nitrogens is 1. The van der Waals surface area contributed by atoms with Crippen molar-refractivity contribution in [1.29, 1.82) is 0 Å². The van der Waals surface area contributed by atoms with E-state index >= 15 is 0 Å². The first kappa shape index (κ1) is 12.0. The fraction of sp³-hybridized carbons (Fsp3) is 0.231. The first-order valence-electron chi connectivity index (χ1n) is 6.07. The summed E-state index contributed by atoms with van der Waals surface area (Å²) in [6.45, 7) is 1.26. The topological polar surface area (TPSA) is 71.2 Å². The number of carbonyl (C=O) groups is 1. The van der Waals surface area contributed by atoms with E-state index in [9.17, 15) is 4.79 Å². The molecule has 1 aliphatic rings. The molecule has 1 aromatic carbocycles. The highest BCUT2D eigenvalue weighted by molar-refractivity contribution is 7.15. The molecule has 0 saturated carbocycles. The second-order valence-electron chi connectivity index (χ2n) is 4.39. The average Bonchev–Trinajstić information content (AvgIpc) is 2.78. The molecule has 3 rings (SSSR count). The van der Waals surface area contributed by atoms with E-state index in [2.05, 4.69) is 10.3 Å². The third-order valence-corrected chi connectivity index (χ3v) is 3.97. The van der Waals surface area contributed by atoms with Crippen molar-refractivity contribution in [3.63, 3.8) is 0 Å². The SMILES string of the molecule is Nc1nc2c(s1)CN(C(=O)Nc1ccccc1)CC2. The normalized spacial score (nSPS) is 14.0. The Kier molecular flexibility index (Phi) is 3.08. The first-order chi connectivity index (χ1) is 9.22. The van der Waals surface area contributed by atoms with Gasteiger partial charge in [0.15, 0.2) is 5.13 Å². The Morgan fingerprint density at radius 2 is 2.16 bits per heavy atom. The molecule has 3 N–H and O–H groups in total. The number of nitrogens with one attached hydrogen (secondary N) is 1. The fourth-order valence-corrected chi connectivity index (χ4v) is 3.01. The van der Waals surface area contributed by atoms with Crippen molar-refractivity contribution in [2.24, 2.45) is 0 Å². The Hall–Kier alpha value is -2.08. The number of urea groups is 1. The number of fused-ring (bicyclic) bond motifs is 1. The number of para-hydroxylation sites is 1. The lowest BCUT2D eigenvalue weighted by atomic mass is 10.2. The van der Waals surface area contributed by atoms with Gasteiger partial charge in [-0.25, -0.2) is 9.78 Å². The van der Waals surface area contributed by atoms with Crippen LogP contribution in [0.1, 0.15) is 10.6 Å². The maximum atomic E-state index is 12.2. The number of nitrogens with two attached hydrogens (primary N) is 1. The monoisotopic (exact) mass is 274 g/mol. The second kappa shape index (κ2) is 4.89. The quantitative estimate of drug-likeness (QED) is 0.838. The van der Waals surface area contributed by atoms with Crippen LogP contribution in [-0.4, -0.2) is 22.5 Å². The summed E-state index contributed by atoms with van der Waals surface area (Å²) in [6, 6.07) is 9.38. The summed E-state index contributed by atoms with van der Waals surface area (Å²) in [5.74, 6) is 0. The molecule has 98 valence electrons. The van der Waals surface area contributed by atoms with Crippen molar-refractivity contribution in [3.8, 4) is 0 Å². The predicted octanol–water partition coefficient (Wildman–Crippen LogP) is 2.32. The summed E-state index contributed by atoms with van der Waals surface area (Å²) in [4.78, 5) is 19.3. The Balaban J connectivity index is 1.69. The average molecular weight is 274 g/mol. The molecule has 2 amide bonds. The molecular weight excluding hydrogens is 260 g/mol. The zero-order valence-corrected chi connectivity index (χ0v) is 11.1. The maximum Gasteiger partial charge on any atom is 0.322 e. The molecule has 0 fully saturated rings. The van der Waals surface area contributed by atoms with E-state index < -0.39 is 0 Å². The Bertz CT molecular complexity index is 596. The van der Waals surface area contributed by atoms with E-state index in [4.69, 9.17) is 5.73 Å². The molecule has 0 spiro atoms. The number of carbonyl (C=O) groups excluding carboxylic acids is 1. The van der Waals surface area contributed by atoms with Crippen LogP contribution in [0, 0.1) is 0 Å². The minimum absolute atomic E-state index is 0.0798. The first-order valence-corrected chi connectivity index (χ1v) is 6.89. The van der Waals surface area contributed by atoms with Gasteiger partial charge in [0.25, 0.3) is 0 Å². The third-order valence-electron chi connectivity index (χ3n) is 3.06. The van der Waals surface area contributed by atoms with Crippen LogP contribution in [0.4, 0.5) is 15.6 Å². The van der Waals surface area contributed by atoms with E-state index in [1.165, 1.54) is 11.3 Å². The summed E-state index contributed by atoms with van der Waals surface area (Å²) >= 11 is 1.46. The highest BCUT2D eigenvalue weighted by atomic mass is 32.1. The highest BCUT2D eigenvalue weighted by Gasteiger charge is 2.23. The van der Waals surface area contributed by atoms with Crippen molar-refractivity contribution in [3.05, 3.63) is 40.9 Å². The van der Waals surface area contributed by atoms with Gasteiger partial charge >= 0.3 is 6.03 Å². The van der Waals surface area contributed by atoms with E-state index in [0.29, 0.717) is 18.2 Å². The number of benzene rings is 1. The van der Waals surface area contributed by atoms with Crippen LogP contribution < -0.4 is 11.1 Å². The number of anilines is 2. The lowest BCUT2D eigenvalue weighted by Gasteiger charge is -2.26. The van der Waals surface area contributed by atoms with Gasteiger partial charge in [0.2, 0.25) is 0 Å². The van der Waals surface area contributed by atoms with Gasteiger partial charge in [-0.05, 0) is 12.1 Å². The summed E-state index contributed by atoms with van der Waals surface area (Å²) in [5.41, 5.74) is 7.53. The molecule has 19 heavy (non-hydrogen) atoms. The van der Waals surface area contributed by atoms with E-state index in [-0.39, 0.29) is 6.03 Å². The molecule has 0 aliphatic carbocycles. The van der Waals surface area contributed by atoms with Crippen LogP contribution in [0.3, 0.4) is 0 Å². The number of rotatable bonds is 1. The second-order valence-corrected chi connectivity index (χ2v) is 5.50. The van der Waals surface area contributed by atoms with Crippen LogP contribution in [-0.2, 0) is 13.0 Å². The molecule has 0 bridgehead atoms. The molecule has 2 heterocycles. The molecule has 2 aromatic rings. The predicted molar refractivity (Wildman–Crippen MR) is 76.1 cm³/mol. The van der Waals surface area contributed by atoms with Gasteiger partial charge in [-0.15, -0.1) is 11.3 Å². The van der Waals surface area contributed by atoms with Gasteiger partial charge in [0, 0.05) is 23.5 Å².